The minimum absolute atomic E-state index is 0.0775. The van der Waals surface area contributed by atoms with Gasteiger partial charge in [-0.1, -0.05) is 0 Å². The zero-order valence-electron chi connectivity index (χ0n) is 10.4. The Morgan fingerprint density at radius 2 is 2.39 bits per heavy atom. The molecule has 1 heterocycles. The second-order valence-electron chi connectivity index (χ2n) is 4.55. The third kappa shape index (κ3) is 2.79. The van der Waals surface area contributed by atoms with E-state index >= 15 is 0 Å². The monoisotopic (exact) mass is 252 g/mol. The highest BCUT2D eigenvalue weighted by molar-refractivity contribution is 5.99. The van der Waals surface area contributed by atoms with Crippen molar-refractivity contribution in [2.24, 2.45) is 0 Å². The van der Waals surface area contributed by atoms with E-state index in [0.717, 1.165) is 19.4 Å². The van der Waals surface area contributed by atoms with E-state index in [1.54, 1.807) is 7.05 Å². The number of nitrogens with zero attached hydrogens (tertiary/aromatic N) is 1. The second kappa shape index (κ2) is 5.35. The lowest BCUT2D eigenvalue weighted by molar-refractivity contribution is 0.0587. The maximum absolute atomic E-state index is 13.1. The van der Waals surface area contributed by atoms with Crippen LogP contribution in [0, 0.1) is 5.82 Å². The Kier molecular flexibility index (Phi) is 3.81. The van der Waals surface area contributed by atoms with Gasteiger partial charge in [0.2, 0.25) is 0 Å². The first kappa shape index (κ1) is 12.8. The molecule has 0 bridgehead atoms. The molecule has 1 atom stereocenters. The molecular formula is C13H17FN2O2. The highest BCUT2D eigenvalue weighted by Crippen LogP contribution is 2.17. The highest BCUT2D eigenvalue weighted by Gasteiger charge is 2.22. The number of rotatable bonds is 3. The Bertz CT molecular complexity index is 445. The fourth-order valence-corrected chi connectivity index (χ4v) is 2.10. The number of anilines is 1. The molecule has 1 aliphatic rings. The summed E-state index contributed by atoms with van der Waals surface area (Å²) >= 11 is 0. The molecule has 0 aromatic heterocycles. The van der Waals surface area contributed by atoms with Crippen LogP contribution in [0.1, 0.15) is 23.2 Å². The molecule has 0 spiro atoms. The maximum atomic E-state index is 13.1. The molecule has 0 saturated carbocycles. The van der Waals surface area contributed by atoms with E-state index in [1.165, 1.54) is 23.1 Å². The van der Waals surface area contributed by atoms with E-state index in [4.69, 9.17) is 10.5 Å². The van der Waals surface area contributed by atoms with E-state index < -0.39 is 5.82 Å². The number of carbonyl (C=O) groups is 1. The van der Waals surface area contributed by atoms with Crippen molar-refractivity contribution >= 4 is 11.6 Å². The quantitative estimate of drug-likeness (QED) is 0.832. The molecule has 4 nitrogen and oxygen atoms in total. The standard InChI is InChI=1S/C13H17FN2O2/c1-16(8-10-3-2-6-18-10)13(17)11-7-9(14)4-5-12(11)15/h4-5,7,10H,2-3,6,8,15H2,1H3. The number of carbonyl (C=O) groups excluding carboxylic acids is 1. The Hall–Kier alpha value is -1.62. The lowest BCUT2D eigenvalue weighted by Crippen LogP contribution is -2.34. The number of nitrogens with two attached hydrogens (primary N) is 1. The van der Waals surface area contributed by atoms with E-state index in [9.17, 15) is 9.18 Å². The number of hydrogen-bond donors (Lipinski definition) is 1. The van der Waals surface area contributed by atoms with Crippen LogP contribution in [0.15, 0.2) is 18.2 Å². The maximum Gasteiger partial charge on any atom is 0.255 e. The first-order valence-corrected chi connectivity index (χ1v) is 6.00. The van der Waals surface area contributed by atoms with Gasteiger partial charge in [-0.05, 0) is 31.0 Å². The summed E-state index contributed by atoms with van der Waals surface area (Å²) in [5.41, 5.74) is 6.19. The molecule has 0 radical (unpaired) electrons. The molecule has 0 aliphatic carbocycles. The zero-order chi connectivity index (χ0) is 13.1. The van der Waals surface area contributed by atoms with Crippen molar-refractivity contribution in [3.63, 3.8) is 0 Å². The van der Waals surface area contributed by atoms with Gasteiger partial charge in [0.15, 0.2) is 0 Å². The SMILES string of the molecule is CN(CC1CCCO1)C(=O)c1cc(F)ccc1N. The van der Waals surface area contributed by atoms with Crippen molar-refractivity contribution in [3.8, 4) is 0 Å². The summed E-state index contributed by atoms with van der Waals surface area (Å²) in [5, 5.41) is 0. The van der Waals surface area contributed by atoms with E-state index in [-0.39, 0.29) is 17.6 Å². The largest absolute Gasteiger partial charge is 0.398 e. The van der Waals surface area contributed by atoms with Crippen LogP contribution in [0.25, 0.3) is 0 Å². The fourth-order valence-electron chi connectivity index (χ4n) is 2.10. The predicted molar refractivity (Wildman–Crippen MR) is 66.7 cm³/mol. The average molecular weight is 252 g/mol. The van der Waals surface area contributed by atoms with Crippen LogP contribution < -0.4 is 5.73 Å². The van der Waals surface area contributed by atoms with E-state index in [2.05, 4.69) is 0 Å². The normalized spacial score (nSPS) is 18.9. The molecule has 2 rings (SSSR count). The van der Waals surface area contributed by atoms with Gasteiger partial charge in [0, 0.05) is 25.9 Å². The van der Waals surface area contributed by atoms with Gasteiger partial charge in [-0.2, -0.15) is 0 Å². The van der Waals surface area contributed by atoms with Crippen LogP contribution in [0.4, 0.5) is 10.1 Å². The third-order valence-corrected chi connectivity index (χ3v) is 3.09. The number of hydrogen-bond acceptors (Lipinski definition) is 3. The predicted octanol–water partition coefficient (Wildman–Crippen LogP) is 1.66. The van der Waals surface area contributed by atoms with Gasteiger partial charge in [-0.25, -0.2) is 4.39 Å². The number of likely N-dealkylation sites (N-methyl/N-ethyl adjacent to an activating group) is 1. The van der Waals surface area contributed by atoms with Crippen LogP contribution >= 0.6 is 0 Å². The summed E-state index contributed by atoms with van der Waals surface area (Å²) in [6.07, 6.45) is 2.05. The Morgan fingerprint density at radius 1 is 1.61 bits per heavy atom. The summed E-state index contributed by atoms with van der Waals surface area (Å²) in [4.78, 5) is 13.7. The molecule has 1 aliphatic heterocycles. The number of halogens is 1. The van der Waals surface area contributed by atoms with Crippen LogP contribution in [0.5, 0.6) is 0 Å². The van der Waals surface area contributed by atoms with Gasteiger partial charge >= 0.3 is 0 Å². The average Bonchev–Trinajstić information content (AvgIpc) is 2.84. The summed E-state index contributed by atoms with van der Waals surface area (Å²) in [6, 6.07) is 3.82. The minimum atomic E-state index is -0.460. The number of benzene rings is 1. The van der Waals surface area contributed by atoms with Gasteiger partial charge in [0.25, 0.3) is 5.91 Å². The van der Waals surface area contributed by atoms with E-state index in [0.29, 0.717) is 12.2 Å². The number of ether oxygens (including phenoxy) is 1. The summed E-state index contributed by atoms with van der Waals surface area (Å²) in [5.74, 6) is -0.736. The van der Waals surface area contributed by atoms with Crippen LogP contribution in [0.3, 0.4) is 0 Å². The molecule has 5 heteroatoms. The van der Waals surface area contributed by atoms with Gasteiger partial charge in [0.05, 0.1) is 11.7 Å². The van der Waals surface area contributed by atoms with Crippen molar-refractivity contribution in [2.75, 3.05) is 25.9 Å². The molecule has 1 aromatic rings. The minimum Gasteiger partial charge on any atom is -0.398 e. The summed E-state index contributed by atoms with van der Waals surface area (Å²) in [6.45, 7) is 1.25. The lowest BCUT2D eigenvalue weighted by atomic mass is 10.1. The first-order chi connectivity index (χ1) is 8.58. The van der Waals surface area contributed by atoms with Crippen molar-refractivity contribution < 1.29 is 13.9 Å². The summed E-state index contributed by atoms with van der Waals surface area (Å²) in [7, 11) is 1.67. The molecule has 18 heavy (non-hydrogen) atoms. The zero-order valence-corrected chi connectivity index (χ0v) is 10.4. The topological polar surface area (TPSA) is 55.6 Å². The molecule has 1 saturated heterocycles. The van der Waals surface area contributed by atoms with Crippen LogP contribution in [-0.2, 0) is 4.74 Å². The van der Waals surface area contributed by atoms with E-state index in [1.807, 2.05) is 0 Å². The van der Waals surface area contributed by atoms with Gasteiger partial charge in [-0.15, -0.1) is 0 Å². The highest BCUT2D eigenvalue weighted by atomic mass is 19.1. The first-order valence-electron chi connectivity index (χ1n) is 6.00. The van der Waals surface area contributed by atoms with Gasteiger partial charge in [-0.3, -0.25) is 4.79 Å². The second-order valence-corrected chi connectivity index (χ2v) is 4.55. The number of amides is 1. The van der Waals surface area contributed by atoms with Crippen LogP contribution in [-0.4, -0.2) is 37.1 Å². The Balaban J connectivity index is 2.07. The van der Waals surface area contributed by atoms with Gasteiger partial charge < -0.3 is 15.4 Å². The summed E-state index contributed by atoms with van der Waals surface area (Å²) < 4.78 is 18.6. The molecule has 1 amide bonds. The number of nitrogen functional groups attached to an aromatic ring is 1. The van der Waals surface area contributed by atoms with Crippen LogP contribution in [0.2, 0.25) is 0 Å². The van der Waals surface area contributed by atoms with Crippen molar-refractivity contribution in [2.45, 2.75) is 18.9 Å². The molecule has 1 unspecified atom stereocenters. The molecular weight excluding hydrogens is 235 g/mol. The molecule has 1 fully saturated rings. The lowest BCUT2D eigenvalue weighted by Gasteiger charge is -2.21. The Morgan fingerprint density at radius 3 is 3.06 bits per heavy atom. The Labute approximate surface area is 106 Å². The smallest absolute Gasteiger partial charge is 0.255 e. The third-order valence-electron chi connectivity index (χ3n) is 3.09. The molecule has 98 valence electrons. The molecule has 1 aromatic carbocycles. The molecule has 2 N–H and O–H groups in total. The van der Waals surface area contributed by atoms with Crippen molar-refractivity contribution in [3.05, 3.63) is 29.6 Å². The fraction of sp³-hybridized carbons (Fsp3) is 0.462. The van der Waals surface area contributed by atoms with Crippen molar-refractivity contribution in [1.82, 2.24) is 4.90 Å². The van der Waals surface area contributed by atoms with Crippen molar-refractivity contribution in [1.29, 1.82) is 0 Å². The van der Waals surface area contributed by atoms with Gasteiger partial charge in [0.1, 0.15) is 5.82 Å².